The molecule has 266 valence electrons. The third-order valence-electron chi connectivity index (χ3n) is 8.39. The zero-order valence-corrected chi connectivity index (χ0v) is 30.6. The quantitative estimate of drug-likeness (QED) is 0.0893. The van der Waals surface area contributed by atoms with Crippen molar-refractivity contribution in [2.24, 2.45) is 0 Å². The lowest BCUT2D eigenvalue weighted by molar-refractivity contribution is -0.142. The topological polar surface area (TPSA) is 131 Å². The Kier molecular flexibility index (Phi) is 14.1. The van der Waals surface area contributed by atoms with Crippen LogP contribution >= 0.6 is 11.3 Å². The van der Waals surface area contributed by atoms with E-state index in [0.717, 1.165) is 45.9 Å². The van der Waals surface area contributed by atoms with E-state index in [9.17, 15) is 19.5 Å². The fraction of sp³-hybridized carbons (Fsp3) is 0.425. The number of nitrogens with zero attached hydrogens (tertiary/aromatic N) is 2. The lowest BCUT2D eigenvalue weighted by atomic mass is 9.95. The molecular formula is C40H50N4O5S. The summed E-state index contributed by atoms with van der Waals surface area (Å²) in [7, 11) is 0. The number of carboxylic acids is 1. The van der Waals surface area contributed by atoms with Crippen molar-refractivity contribution in [3.05, 3.63) is 88.4 Å². The summed E-state index contributed by atoms with van der Waals surface area (Å²) >= 11 is 1.38. The number of amides is 2. The molecule has 3 N–H and O–H groups in total. The molecule has 2 atom stereocenters. The minimum absolute atomic E-state index is 0.117. The van der Waals surface area contributed by atoms with E-state index in [2.05, 4.69) is 48.3 Å². The van der Waals surface area contributed by atoms with Crippen molar-refractivity contribution in [2.45, 2.75) is 103 Å². The van der Waals surface area contributed by atoms with Gasteiger partial charge in [-0.25, -0.2) is 14.8 Å². The second-order valence-corrected chi connectivity index (χ2v) is 14.7. The maximum Gasteiger partial charge on any atom is 0.326 e. The van der Waals surface area contributed by atoms with Crippen molar-refractivity contribution < 1.29 is 24.2 Å². The largest absolute Gasteiger partial charge is 0.494 e. The van der Waals surface area contributed by atoms with Gasteiger partial charge in [0.1, 0.15) is 17.8 Å². The van der Waals surface area contributed by atoms with Gasteiger partial charge in [-0.15, -0.1) is 11.3 Å². The summed E-state index contributed by atoms with van der Waals surface area (Å²) in [5, 5.41) is 15.1. The summed E-state index contributed by atoms with van der Waals surface area (Å²) < 4.78 is 5.89. The van der Waals surface area contributed by atoms with Crippen LogP contribution in [-0.4, -0.2) is 51.5 Å². The number of rotatable bonds is 18. The van der Waals surface area contributed by atoms with E-state index in [1.165, 1.54) is 37.0 Å². The Labute approximate surface area is 299 Å². The number of thiophene rings is 1. The molecule has 0 aliphatic carbocycles. The number of hydrogen-bond acceptors (Lipinski definition) is 7. The number of carbonyl (C=O) groups is 3. The van der Waals surface area contributed by atoms with Crippen molar-refractivity contribution in [3.8, 4) is 28.3 Å². The van der Waals surface area contributed by atoms with Crippen LogP contribution in [-0.2, 0) is 21.4 Å². The number of aromatic nitrogens is 2. The number of carboxylic acid groups (broad SMARTS) is 1. The van der Waals surface area contributed by atoms with E-state index in [1.807, 2.05) is 61.5 Å². The fourth-order valence-electron chi connectivity index (χ4n) is 5.41. The number of carbonyl (C=O) groups excluding carboxylic acids is 2. The highest BCUT2D eigenvalue weighted by atomic mass is 32.1. The van der Waals surface area contributed by atoms with Gasteiger partial charge in [-0.2, -0.15) is 0 Å². The standard InChI is InChI=1S/C40H50N4O5S/c1-6-8-9-10-11-23-49-31-19-17-28(18-20-31)30-25-41-36(42-26-30)29-15-13-27(14-16-29)24-33(37(45)43-32(12-7-2)39(47)48)44-38(46)34-21-22-35(50-34)40(3,4)5/h13-22,25-26,32-33H,6-12,23-24H2,1-5H3,(H,43,45)(H,44,46)(H,47,48)/t32-,33-/m0/s1. The molecule has 0 aliphatic heterocycles. The van der Waals surface area contributed by atoms with Gasteiger partial charge in [0.25, 0.3) is 5.91 Å². The lowest BCUT2D eigenvalue weighted by Crippen LogP contribution is -2.52. The van der Waals surface area contributed by atoms with Gasteiger partial charge in [-0.05, 0) is 53.6 Å². The van der Waals surface area contributed by atoms with Crippen LogP contribution in [0.1, 0.15) is 99.7 Å². The molecule has 0 aliphatic rings. The van der Waals surface area contributed by atoms with Crippen molar-refractivity contribution in [1.29, 1.82) is 0 Å². The van der Waals surface area contributed by atoms with Gasteiger partial charge in [-0.1, -0.05) is 103 Å². The van der Waals surface area contributed by atoms with E-state index in [-0.39, 0.29) is 24.2 Å². The van der Waals surface area contributed by atoms with E-state index >= 15 is 0 Å². The highest BCUT2D eigenvalue weighted by Crippen LogP contribution is 2.29. The fourth-order valence-corrected chi connectivity index (χ4v) is 6.38. The first-order valence-electron chi connectivity index (χ1n) is 17.6. The summed E-state index contributed by atoms with van der Waals surface area (Å²) in [5.74, 6) is -0.620. The van der Waals surface area contributed by atoms with Crippen LogP contribution in [0.25, 0.3) is 22.5 Å². The zero-order chi connectivity index (χ0) is 36.1. The molecule has 2 amide bonds. The van der Waals surface area contributed by atoms with Gasteiger partial charge in [0.15, 0.2) is 5.82 Å². The molecule has 0 fully saturated rings. The van der Waals surface area contributed by atoms with Crippen molar-refractivity contribution in [3.63, 3.8) is 0 Å². The molecule has 2 heterocycles. The SMILES string of the molecule is CCCCCCCOc1ccc(-c2cnc(-c3ccc(C[C@H](NC(=O)c4ccc(C(C)(C)C)s4)C(=O)N[C@@H](CCC)C(=O)O)cc3)nc2)cc1. The Morgan fingerprint density at radius 3 is 2.04 bits per heavy atom. The predicted molar refractivity (Wildman–Crippen MR) is 200 cm³/mol. The van der Waals surface area contributed by atoms with E-state index in [4.69, 9.17) is 4.74 Å². The number of unbranched alkanes of at least 4 members (excludes halogenated alkanes) is 4. The minimum Gasteiger partial charge on any atom is -0.494 e. The molecule has 2 aromatic heterocycles. The van der Waals surface area contributed by atoms with Gasteiger partial charge in [-0.3, -0.25) is 9.59 Å². The Hall–Kier alpha value is -4.57. The Morgan fingerprint density at radius 2 is 1.44 bits per heavy atom. The Bertz CT molecular complexity index is 1680. The highest BCUT2D eigenvalue weighted by molar-refractivity contribution is 7.14. The molecular weight excluding hydrogens is 649 g/mol. The molecule has 0 spiro atoms. The first-order valence-corrected chi connectivity index (χ1v) is 18.4. The Morgan fingerprint density at radius 1 is 0.780 bits per heavy atom. The maximum atomic E-state index is 13.4. The highest BCUT2D eigenvalue weighted by Gasteiger charge is 2.28. The third-order valence-corrected chi connectivity index (χ3v) is 9.90. The molecule has 2 aromatic carbocycles. The number of aliphatic carboxylic acids is 1. The van der Waals surface area contributed by atoms with Gasteiger partial charge in [0, 0.05) is 34.8 Å². The summed E-state index contributed by atoms with van der Waals surface area (Å²) in [6.07, 6.45) is 10.6. The maximum absolute atomic E-state index is 13.4. The van der Waals surface area contributed by atoms with Crippen LogP contribution in [0.15, 0.2) is 73.1 Å². The normalized spacial score (nSPS) is 12.6. The van der Waals surface area contributed by atoms with Crippen molar-refractivity contribution in [2.75, 3.05) is 6.61 Å². The molecule has 50 heavy (non-hydrogen) atoms. The number of benzene rings is 2. The summed E-state index contributed by atoms with van der Waals surface area (Å²) in [6, 6.07) is 17.1. The van der Waals surface area contributed by atoms with Gasteiger partial charge < -0.3 is 20.5 Å². The van der Waals surface area contributed by atoms with Crippen molar-refractivity contribution >= 4 is 29.1 Å². The van der Waals surface area contributed by atoms with Crippen LogP contribution < -0.4 is 15.4 Å². The van der Waals surface area contributed by atoms with Crippen LogP contribution in [0.4, 0.5) is 0 Å². The summed E-state index contributed by atoms with van der Waals surface area (Å²) in [5.41, 5.74) is 3.36. The first-order chi connectivity index (χ1) is 24.0. The predicted octanol–water partition coefficient (Wildman–Crippen LogP) is 8.23. The van der Waals surface area contributed by atoms with Gasteiger partial charge in [0.2, 0.25) is 5.91 Å². The second kappa shape index (κ2) is 18.4. The first kappa shape index (κ1) is 38.2. The smallest absolute Gasteiger partial charge is 0.326 e. The zero-order valence-electron chi connectivity index (χ0n) is 29.8. The molecule has 0 saturated carbocycles. The molecule has 4 rings (SSSR count). The van der Waals surface area contributed by atoms with Gasteiger partial charge >= 0.3 is 5.97 Å². The van der Waals surface area contributed by atoms with Crippen LogP contribution in [0.5, 0.6) is 5.75 Å². The minimum atomic E-state index is -1.11. The number of ether oxygens (including phenoxy) is 1. The average molecular weight is 699 g/mol. The lowest BCUT2D eigenvalue weighted by Gasteiger charge is -2.21. The van der Waals surface area contributed by atoms with E-state index < -0.39 is 24.0 Å². The van der Waals surface area contributed by atoms with Gasteiger partial charge in [0.05, 0.1) is 11.5 Å². The van der Waals surface area contributed by atoms with Crippen LogP contribution in [0, 0.1) is 0 Å². The molecule has 0 unspecified atom stereocenters. The molecule has 0 saturated heterocycles. The van der Waals surface area contributed by atoms with Crippen LogP contribution in [0.2, 0.25) is 0 Å². The van der Waals surface area contributed by atoms with Crippen LogP contribution in [0.3, 0.4) is 0 Å². The summed E-state index contributed by atoms with van der Waals surface area (Å²) in [6.45, 7) is 11.0. The molecule has 0 bridgehead atoms. The number of hydrogen-bond donors (Lipinski definition) is 3. The van der Waals surface area contributed by atoms with E-state index in [0.29, 0.717) is 17.1 Å². The third kappa shape index (κ3) is 11.2. The molecule has 0 radical (unpaired) electrons. The molecule has 10 heteroatoms. The second-order valence-electron chi connectivity index (χ2n) is 13.6. The average Bonchev–Trinajstić information content (AvgIpc) is 3.62. The summed E-state index contributed by atoms with van der Waals surface area (Å²) in [4.78, 5) is 49.2. The van der Waals surface area contributed by atoms with E-state index in [1.54, 1.807) is 18.5 Å². The molecule has 4 aromatic rings. The Balaban J connectivity index is 1.42. The number of nitrogens with one attached hydrogen (secondary N) is 2. The monoisotopic (exact) mass is 698 g/mol. The van der Waals surface area contributed by atoms with Crippen molar-refractivity contribution in [1.82, 2.24) is 20.6 Å². The molecule has 9 nitrogen and oxygen atoms in total.